The Hall–Kier alpha value is -2.28. The lowest BCUT2D eigenvalue weighted by molar-refractivity contribution is -0.143. The second-order valence-corrected chi connectivity index (χ2v) is 4.65. The number of carboxylic acids is 4. The first-order valence-electron chi connectivity index (χ1n) is 8.20. The van der Waals surface area contributed by atoms with Gasteiger partial charge in [0.05, 0.1) is 38.9 Å². The Morgan fingerprint density at radius 1 is 0.750 bits per heavy atom. The predicted molar refractivity (Wildman–Crippen MR) is 96.1 cm³/mol. The summed E-state index contributed by atoms with van der Waals surface area (Å²) in [5, 5.41) is 48.2. The molecule has 12 heteroatoms. The molecule has 0 amide bonds. The fourth-order valence-electron chi connectivity index (χ4n) is 0.877. The predicted octanol–water partition coefficient (Wildman–Crippen LogP) is -0.0996. The van der Waals surface area contributed by atoms with Crippen molar-refractivity contribution in [3.63, 3.8) is 0 Å². The van der Waals surface area contributed by atoms with Crippen LogP contribution in [0.5, 0.6) is 0 Å². The second kappa shape index (κ2) is 26.9. The molecular formula is C16H32O12. The van der Waals surface area contributed by atoms with E-state index >= 15 is 0 Å². The Morgan fingerprint density at radius 3 is 1.11 bits per heavy atom. The molecule has 0 aromatic rings. The van der Waals surface area contributed by atoms with Crippen LogP contribution < -0.4 is 0 Å². The topological polar surface area (TPSA) is 208 Å². The van der Waals surface area contributed by atoms with Gasteiger partial charge in [0.1, 0.15) is 6.10 Å². The lowest BCUT2D eigenvalue weighted by atomic mass is 10.3. The van der Waals surface area contributed by atoms with Gasteiger partial charge in [-0.05, 0) is 13.8 Å². The van der Waals surface area contributed by atoms with Crippen LogP contribution in [0, 0.1) is 0 Å². The highest BCUT2D eigenvalue weighted by molar-refractivity contribution is 5.75. The number of aliphatic hydroxyl groups excluding tert-OH is 2. The highest BCUT2D eigenvalue weighted by atomic mass is 16.5. The van der Waals surface area contributed by atoms with Gasteiger partial charge < -0.3 is 40.1 Å². The van der Waals surface area contributed by atoms with Crippen LogP contribution >= 0.6 is 0 Å². The third-order valence-corrected chi connectivity index (χ3v) is 2.08. The molecule has 28 heavy (non-hydrogen) atoms. The molecule has 0 aliphatic rings. The van der Waals surface area contributed by atoms with Gasteiger partial charge in [0.25, 0.3) is 0 Å². The molecule has 0 bridgehead atoms. The van der Waals surface area contributed by atoms with E-state index in [1.54, 1.807) is 0 Å². The van der Waals surface area contributed by atoms with Crippen LogP contribution in [0.2, 0.25) is 0 Å². The van der Waals surface area contributed by atoms with E-state index in [2.05, 4.69) is 4.74 Å². The van der Waals surface area contributed by atoms with Crippen molar-refractivity contribution in [3.8, 4) is 0 Å². The zero-order chi connectivity index (χ0) is 23.0. The number of aliphatic hydroxyl groups is 2. The van der Waals surface area contributed by atoms with Crippen molar-refractivity contribution in [3.05, 3.63) is 0 Å². The van der Waals surface area contributed by atoms with Crippen molar-refractivity contribution in [2.45, 2.75) is 45.6 Å². The van der Waals surface area contributed by atoms with Crippen molar-refractivity contribution < 1.29 is 59.3 Å². The smallest absolute Gasteiger partial charge is 0.303 e. The van der Waals surface area contributed by atoms with Crippen LogP contribution in [0.4, 0.5) is 0 Å². The maximum atomic E-state index is 9.64. The van der Waals surface area contributed by atoms with Gasteiger partial charge in [0.2, 0.25) is 0 Å². The molecule has 168 valence electrons. The van der Waals surface area contributed by atoms with Crippen LogP contribution in [-0.2, 0) is 28.7 Å². The minimum absolute atomic E-state index is 0.205. The van der Waals surface area contributed by atoms with E-state index in [1.807, 2.05) is 13.8 Å². The molecule has 0 spiro atoms. The van der Waals surface area contributed by atoms with Crippen molar-refractivity contribution in [1.82, 2.24) is 0 Å². The average molecular weight is 416 g/mol. The Morgan fingerprint density at radius 2 is 1.04 bits per heavy atom. The number of hydrogen-bond acceptors (Lipinski definition) is 8. The van der Waals surface area contributed by atoms with Crippen molar-refractivity contribution >= 4 is 23.9 Å². The van der Waals surface area contributed by atoms with Gasteiger partial charge in [-0.2, -0.15) is 0 Å². The molecule has 1 unspecified atom stereocenters. The van der Waals surface area contributed by atoms with Gasteiger partial charge in [-0.1, -0.05) is 0 Å². The summed E-state index contributed by atoms with van der Waals surface area (Å²) in [4.78, 5) is 38.6. The molecule has 0 saturated heterocycles. The van der Waals surface area contributed by atoms with Crippen LogP contribution in [0.25, 0.3) is 0 Å². The summed E-state index contributed by atoms with van der Waals surface area (Å²) in [7, 11) is 1.47. The third kappa shape index (κ3) is 56.5. The van der Waals surface area contributed by atoms with E-state index in [0.29, 0.717) is 0 Å². The fraction of sp³-hybridized carbons (Fsp3) is 0.750. The van der Waals surface area contributed by atoms with E-state index < -0.39 is 30.0 Å². The fourth-order valence-corrected chi connectivity index (χ4v) is 0.877. The zero-order valence-corrected chi connectivity index (χ0v) is 16.4. The molecular weight excluding hydrogens is 384 g/mol. The average Bonchev–Trinajstić information content (AvgIpc) is 2.60. The van der Waals surface area contributed by atoms with E-state index in [9.17, 15) is 19.2 Å². The minimum Gasteiger partial charge on any atom is -0.481 e. The second-order valence-electron chi connectivity index (χ2n) is 4.65. The molecule has 0 aliphatic heterocycles. The summed E-state index contributed by atoms with van der Waals surface area (Å²) in [6.45, 7) is 5.64. The third-order valence-electron chi connectivity index (χ3n) is 2.08. The molecule has 6 N–H and O–H groups in total. The van der Waals surface area contributed by atoms with E-state index in [1.165, 1.54) is 7.11 Å². The van der Waals surface area contributed by atoms with Crippen LogP contribution in [-0.4, -0.2) is 94.2 Å². The normalized spacial score (nSPS) is 9.89. The monoisotopic (exact) mass is 416 g/mol. The summed E-state index contributed by atoms with van der Waals surface area (Å²) >= 11 is 0. The van der Waals surface area contributed by atoms with Crippen molar-refractivity contribution in [2.75, 3.05) is 33.5 Å². The SMILES string of the molecule is CCOCC.COCC(O)CO.O=C(O)CCC(=O)O.O=C(O)CCC(=O)O. The highest BCUT2D eigenvalue weighted by Crippen LogP contribution is 1.86. The summed E-state index contributed by atoms with van der Waals surface area (Å²) in [5.74, 6) is -4.31. The first-order valence-corrected chi connectivity index (χ1v) is 8.20. The van der Waals surface area contributed by atoms with Gasteiger partial charge in [-0.25, -0.2) is 0 Å². The molecule has 0 saturated carbocycles. The first kappa shape index (κ1) is 33.3. The molecule has 0 fully saturated rings. The van der Waals surface area contributed by atoms with E-state index in [-0.39, 0.29) is 38.9 Å². The molecule has 0 aromatic carbocycles. The lowest BCUT2D eigenvalue weighted by Crippen LogP contribution is -2.17. The summed E-state index contributed by atoms with van der Waals surface area (Å²) < 4.78 is 9.32. The first-order chi connectivity index (χ1) is 13.0. The number of ether oxygens (including phenoxy) is 2. The number of carbonyl (C=O) groups is 4. The number of methoxy groups -OCH3 is 1. The number of carboxylic acid groups (broad SMARTS) is 4. The van der Waals surface area contributed by atoms with Crippen LogP contribution in [0.15, 0.2) is 0 Å². The van der Waals surface area contributed by atoms with E-state index in [0.717, 1.165) is 13.2 Å². The summed E-state index contributed by atoms with van der Waals surface area (Å²) in [6, 6.07) is 0. The van der Waals surface area contributed by atoms with Crippen LogP contribution in [0.1, 0.15) is 39.5 Å². The number of rotatable bonds is 11. The standard InChI is InChI=1S/2C4H6O4.C4H10O3.C4H10O/c2*5-3(6)1-2-4(7)8;1-7-3-4(6)2-5;1-3-5-4-2/h2*1-2H2,(H,5,6)(H,7,8);4-6H,2-3H2,1H3;3-4H2,1-2H3. The maximum Gasteiger partial charge on any atom is 0.303 e. The summed E-state index contributed by atoms with van der Waals surface area (Å²) in [5.41, 5.74) is 0. The number of aliphatic carboxylic acids is 4. The van der Waals surface area contributed by atoms with Crippen LogP contribution in [0.3, 0.4) is 0 Å². The largest absolute Gasteiger partial charge is 0.481 e. The minimum atomic E-state index is -1.08. The van der Waals surface area contributed by atoms with Gasteiger partial charge >= 0.3 is 23.9 Å². The maximum absolute atomic E-state index is 9.64. The molecule has 1 atom stereocenters. The number of hydrogen-bond donors (Lipinski definition) is 6. The molecule has 0 aliphatic carbocycles. The Labute approximate surface area is 163 Å². The van der Waals surface area contributed by atoms with Crippen molar-refractivity contribution in [2.24, 2.45) is 0 Å². The molecule has 0 aromatic heterocycles. The van der Waals surface area contributed by atoms with Gasteiger partial charge in [-0.15, -0.1) is 0 Å². The molecule has 0 heterocycles. The molecule has 12 nitrogen and oxygen atoms in total. The van der Waals surface area contributed by atoms with E-state index in [4.69, 9.17) is 35.4 Å². The van der Waals surface area contributed by atoms with Gasteiger partial charge in [0.15, 0.2) is 0 Å². The molecule has 0 radical (unpaired) electrons. The highest BCUT2D eigenvalue weighted by Gasteiger charge is 2.01. The molecule has 0 rings (SSSR count). The quantitative estimate of drug-likeness (QED) is 0.261. The Bertz CT molecular complexity index is 339. The van der Waals surface area contributed by atoms with Crippen molar-refractivity contribution in [1.29, 1.82) is 0 Å². The Kier molecular flexibility index (Phi) is 32.1. The zero-order valence-electron chi connectivity index (χ0n) is 16.4. The van der Waals surface area contributed by atoms with Gasteiger partial charge in [0, 0.05) is 20.3 Å². The Balaban J connectivity index is -0.000000139. The summed E-state index contributed by atoms with van der Waals surface area (Å²) in [6.07, 6.45) is -1.90. The van der Waals surface area contributed by atoms with Gasteiger partial charge in [-0.3, -0.25) is 19.2 Å². The lowest BCUT2D eigenvalue weighted by Gasteiger charge is -2.01.